The Bertz CT molecular complexity index is 493. The van der Waals surface area contributed by atoms with Crippen molar-refractivity contribution < 1.29 is 14.3 Å². The lowest BCUT2D eigenvalue weighted by Gasteiger charge is -2.27. The second kappa shape index (κ2) is 7.17. The normalized spacial score (nSPS) is 21.8. The number of rotatable bonds is 5. The lowest BCUT2D eigenvalue weighted by molar-refractivity contribution is -0.122. The Hall–Kier alpha value is -1.95. The molecule has 0 aromatic carbocycles. The summed E-state index contributed by atoms with van der Waals surface area (Å²) in [5, 5.41) is 3.43. The molecule has 0 saturated heterocycles. The van der Waals surface area contributed by atoms with E-state index in [9.17, 15) is 9.59 Å². The van der Waals surface area contributed by atoms with Crippen molar-refractivity contribution in [1.82, 2.24) is 10.3 Å². The quantitative estimate of drug-likeness (QED) is 0.789. The average Bonchev–Trinajstić information content (AvgIpc) is 2.53. The SMILES string of the molecule is COC(=O)c1ccc(CNC2CCC(C(N)=O)CC2)nc1. The zero-order chi connectivity index (χ0) is 15.2. The van der Waals surface area contributed by atoms with E-state index < -0.39 is 0 Å². The molecule has 0 bridgehead atoms. The third-order valence-electron chi connectivity index (χ3n) is 3.95. The molecule has 1 aromatic heterocycles. The zero-order valence-corrected chi connectivity index (χ0v) is 12.2. The van der Waals surface area contributed by atoms with Crippen LogP contribution in [0.5, 0.6) is 0 Å². The monoisotopic (exact) mass is 291 g/mol. The molecular formula is C15H21N3O3. The van der Waals surface area contributed by atoms with Crippen molar-refractivity contribution in [3.8, 4) is 0 Å². The number of esters is 1. The molecule has 0 atom stereocenters. The van der Waals surface area contributed by atoms with E-state index in [-0.39, 0.29) is 17.8 Å². The molecule has 21 heavy (non-hydrogen) atoms. The molecule has 1 aliphatic carbocycles. The molecule has 2 rings (SSSR count). The first kappa shape index (κ1) is 15.4. The Balaban J connectivity index is 1.79. The summed E-state index contributed by atoms with van der Waals surface area (Å²) < 4.78 is 4.63. The van der Waals surface area contributed by atoms with Gasteiger partial charge in [0.15, 0.2) is 0 Å². The van der Waals surface area contributed by atoms with E-state index in [1.807, 2.05) is 6.07 Å². The predicted molar refractivity (Wildman–Crippen MR) is 77.4 cm³/mol. The summed E-state index contributed by atoms with van der Waals surface area (Å²) in [5.41, 5.74) is 6.64. The minimum absolute atomic E-state index is 0.0283. The van der Waals surface area contributed by atoms with E-state index in [1.165, 1.54) is 13.3 Å². The van der Waals surface area contributed by atoms with Gasteiger partial charge in [-0.15, -0.1) is 0 Å². The highest BCUT2D eigenvalue weighted by molar-refractivity contribution is 5.88. The van der Waals surface area contributed by atoms with E-state index in [0.717, 1.165) is 31.4 Å². The number of amides is 1. The van der Waals surface area contributed by atoms with Gasteiger partial charge in [-0.1, -0.05) is 0 Å². The van der Waals surface area contributed by atoms with E-state index in [0.29, 0.717) is 18.2 Å². The van der Waals surface area contributed by atoms with Crippen molar-refractivity contribution in [3.05, 3.63) is 29.6 Å². The zero-order valence-electron chi connectivity index (χ0n) is 12.2. The molecule has 0 spiro atoms. The number of nitrogens with zero attached hydrogens (tertiary/aromatic N) is 1. The van der Waals surface area contributed by atoms with Crippen molar-refractivity contribution >= 4 is 11.9 Å². The molecule has 1 heterocycles. The van der Waals surface area contributed by atoms with E-state index >= 15 is 0 Å². The maximum Gasteiger partial charge on any atom is 0.339 e. The lowest BCUT2D eigenvalue weighted by atomic mass is 9.85. The Kier molecular flexibility index (Phi) is 5.27. The number of primary amides is 1. The maximum absolute atomic E-state index is 11.3. The number of aromatic nitrogens is 1. The first-order valence-electron chi connectivity index (χ1n) is 7.16. The standard InChI is InChI=1S/C15H21N3O3/c1-21-15(20)11-4-7-13(17-8-11)9-18-12-5-2-10(3-6-12)14(16)19/h4,7-8,10,12,18H,2-3,5-6,9H2,1H3,(H2,16,19). The van der Waals surface area contributed by atoms with Gasteiger partial charge in [-0.25, -0.2) is 4.79 Å². The first-order valence-corrected chi connectivity index (χ1v) is 7.16. The van der Waals surface area contributed by atoms with Gasteiger partial charge in [0.05, 0.1) is 18.4 Å². The van der Waals surface area contributed by atoms with E-state index in [1.54, 1.807) is 6.07 Å². The largest absolute Gasteiger partial charge is 0.465 e. The Morgan fingerprint density at radius 1 is 1.33 bits per heavy atom. The van der Waals surface area contributed by atoms with Crippen LogP contribution in [-0.2, 0) is 16.1 Å². The number of nitrogens with one attached hydrogen (secondary N) is 1. The molecule has 3 N–H and O–H groups in total. The van der Waals surface area contributed by atoms with Gasteiger partial charge in [0.2, 0.25) is 5.91 Å². The van der Waals surface area contributed by atoms with Crippen LogP contribution in [0, 0.1) is 5.92 Å². The van der Waals surface area contributed by atoms with Gasteiger partial charge in [0.25, 0.3) is 0 Å². The van der Waals surface area contributed by atoms with Crippen molar-refractivity contribution in [2.45, 2.75) is 38.3 Å². The molecule has 0 aliphatic heterocycles. The summed E-state index contributed by atoms with van der Waals surface area (Å²) in [6.07, 6.45) is 5.12. The highest BCUT2D eigenvalue weighted by Crippen LogP contribution is 2.24. The number of carbonyl (C=O) groups excluding carboxylic acids is 2. The van der Waals surface area contributed by atoms with Crippen LogP contribution in [0.2, 0.25) is 0 Å². The van der Waals surface area contributed by atoms with Gasteiger partial charge < -0.3 is 15.8 Å². The van der Waals surface area contributed by atoms with Crippen LogP contribution in [0.25, 0.3) is 0 Å². The Morgan fingerprint density at radius 2 is 2.05 bits per heavy atom. The van der Waals surface area contributed by atoms with Gasteiger partial charge in [0, 0.05) is 24.7 Å². The van der Waals surface area contributed by atoms with Gasteiger partial charge >= 0.3 is 5.97 Å². The van der Waals surface area contributed by atoms with Crippen molar-refractivity contribution in [1.29, 1.82) is 0 Å². The average molecular weight is 291 g/mol. The number of pyridine rings is 1. The lowest BCUT2D eigenvalue weighted by Crippen LogP contribution is -2.36. The molecule has 1 aliphatic rings. The summed E-state index contributed by atoms with van der Waals surface area (Å²) in [4.78, 5) is 26.6. The Morgan fingerprint density at radius 3 is 2.57 bits per heavy atom. The smallest absolute Gasteiger partial charge is 0.339 e. The van der Waals surface area contributed by atoms with Gasteiger partial charge in [-0.05, 0) is 37.8 Å². The fourth-order valence-corrected chi connectivity index (χ4v) is 2.60. The van der Waals surface area contributed by atoms with Crippen molar-refractivity contribution in [2.75, 3.05) is 7.11 Å². The van der Waals surface area contributed by atoms with Gasteiger partial charge in [-0.2, -0.15) is 0 Å². The van der Waals surface area contributed by atoms with Crippen LogP contribution in [-0.4, -0.2) is 30.0 Å². The summed E-state index contributed by atoms with van der Waals surface area (Å²) in [7, 11) is 1.35. The number of ether oxygens (including phenoxy) is 1. The third kappa shape index (κ3) is 4.26. The molecule has 6 heteroatoms. The van der Waals surface area contributed by atoms with Crippen LogP contribution < -0.4 is 11.1 Å². The summed E-state index contributed by atoms with van der Waals surface area (Å²) >= 11 is 0. The molecule has 1 amide bonds. The highest BCUT2D eigenvalue weighted by atomic mass is 16.5. The van der Waals surface area contributed by atoms with Crippen LogP contribution >= 0.6 is 0 Å². The molecular weight excluding hydrogens is 270 g/mol. The summed E-state index contributed by atoms with van der Waals surface area (Å²) in [6, 6.07) is 3.91. The van der Waals surface area contributed by atoms with Crippen LogP contribution in [0.4, 0.5) is 0 Å². The van der Waals surface area contributed by atoms with Crippen molar-refractivity contribution in [3.63, 3.8) is 0 Å². The molecule has 0 unspecified atom stereocenters. The van der Waals surface area contributed by atoms with Gasteiger partial charge in [-0.3, -0.25) is 9.78 Å². The maximum atomic E-state index is 11.3. The minimum atomic E-state index is -0.383. The first-order chi connectivity index (χ1) is 10.1. The Labute approximate surface area is 124 Å². The predicted octanol–water partition coefficient (Wildman–Crippen LogP) is 1.00. The fraction of sp³-hybridized carbons (Fsp3) is 0.533. The van der Waals surface area contributed by atoms with Gasteiger partial charge in [0.1, 0.15) is 0 Å². The number of carbonyl (C=O) groups is 2. The molecule has 1 saturated carbocycles. The number of hydrogen-bond acceptors (Lipinski definition) is 5. The molecule has 6 nitrogen and oxygen atoms in total. The molecule has 1 fully saturated rings. The molecule has 1 aromatic rings. The minimum Gasteiger partial charge on any atom is -0.465 e. The summed E-state index contributed by atoms with van der Waals surface area (Å²) in [5.74, 6) is -0.541. The second-order valence-electron chi connectivity index (χ2n) is 5.36. The molecule has 114 valence electrons. The second-order valence-corrected chi connectivity index (χ2v) is 5.36. The topological polar surface area (TPSA) is 94.3 Å². The van der Waals surface area contributed by atoms with E-state index in [4.69, 9.17) is 5.73 Å². The van der Waals surface area contributed by atoms with Crippen LogP contribution in [0.1, 0.15) is 41.7 Å². The number of nitrogens with two attached hydrogens (primary N) is 1. The fourth-order valence-electron chi connectivity index (χ4n) is 2.60. The van der Waals surface area contributed by atoms with E-state index in [2.05, 4.69) is 15.0 Å². The molecule has 0 radical (unpaired) electrons. The highest BCUT2D eigenvalue weighted by Gasteiger charge is 2.24. The van der Waals surface area contributed by atoms with Crippen LogP contribution in [0.15, 0.2) is 18.3 Å². The number of methoxy groups -OCH3 is 1. The third-order valence-corrected chi connectivity index (χ3v) is 3.95. The summed E-state index contributed by atoms with van der Waals surface area (Å²) in [6.45, 7) is 0.646. The van der Waals surface area contributed by atoms with Crippen LogP contribution in [0.3, 0.4) is 0 Å². The number of hydrogen-bond donors (Lipinski definition) is 2. The van der Waals surface area contributed by atoms with Crippen molar-refractivity contribution in [2.24, 2.45) is 11.7 Å².